The van der Waals surface area contributed by atoms with Gasteiger partial charge in [-0.2, -0.15) is 0 Å². The SMILES string of the molecule is CNC(CCCCNC(=O)CCC(C)=O)C(C)C. The van der Waals surface area contributed by atoms with E-state index in [4.69, 9.17) is 0 Å². The van der Waals surface area contributed by atoms with E-state index in [2.05, 4.69) is 24.5 Å². The average molecular weight is 256 g/mol. The molecule has 0 saturated heterocycles. The molecule has 4 heteroatoms. The maximum atomic E-state index is 11.3. The minimum Gasteiger partial charge on any atom is -0.356 e. The molecule has 0 heterocycles. The number of ketones is 1. The van der Waals surface area contributed by atoms with Crippen LogP contribution in [0.1, 0.15) is 52.9 Å². The molecule has 0 radical (unpaired) electrons. The lowest BCUT2D eigenvalue weighted by molar-refractivity contribution is -0.124. The lowest BCUT2D eigenvalue weighted by Crippen LogP contribution is -2.31. The highest BCUT2D eigenvalue weighted by atomic mass is 16.2. The molecule has 18 heavy (non-hydrogen) atoms. The molecule has 0 aromatic carbocycles. The van der Waals surface area contributed by atoms with Crippen LogP contribution in [0.3, 0.4) is 0 Å². The fourth-order valence-corrected chi connectivity index (χ4v) is 1.91. The summed E-state index contributed by atoms with van der Waals surface area (Å²) in [6.07, 6.45) is 3.91. The summed E-state index contributed by atoms with van der Waals surface area (Å²) in [6.45, 7) is 6.65. The van der Waals surface area contributed by atoms with Crippen LogP contribution < -0.4 is 10.6 Å². The maximum Gasteiger partial charge on any atom is 0.220 e. The summed E-state index contributed by atoms with van der Waals surface area (Å²) in [5.41, 5.74) is 0. The van der Waals surface area contributed by atoms with Crippen molar-refractivity contribution < 1.29 is 9.59 Å². The van der Waals surface area contributed by atoms with Gasteiger partial charge in [0.15, 0.2) is 0 Å². The number of carbonyl (C=O) groups is 2. The number of amides is 1. The van der Waals surface area contributed by atoms with E-state index < -0.39 is 0 Å². The molecule has 1 unspecified atom stereocenters. The maximum absolute atomic E-state index is 11.3. The van der Waals surface area contributed by atoms with Gasteiger partial charge in [-0.15, -0.1) is 0 Å². The summed E-state index contributed by atoms with van der Waals surface area (Å²) in [4.78, 5) is 22.0. The first-order valence-electron chi connectivity index (χ1n) is 6.90. The Bertz CT molecular complexity index is 252. The molecular weight excluding hydrogens is 228 g/mol. The van der Waals surface area contributed by atoms with Crippen LogP contribution in [-0.2, 0) is 9.59 Å². The van der Waals surface area contributed by atoms with Crippen LogP contribution >= 0.6 is 0 Å². The minimum absolute atomic E-state index is 0.0146. The van der Waals surface area contributed by atoms with Gasteiger partial charge in [-0.25, -0.2) is 0 Å². The van der Waals surface area contributed by atoms with Crippen LogP contribution in [0.25, 0.3) is 0 Å². The van der Waals surface area contributed by atoms with Crippen molar-refractivity contribution in [2.24, 2.45) is 5.92 Å². The van der Waals surface area contributed by atoms with E-state index in [0.29, 0.717) is 31.3 Å². The molecule has 0 aromatic rings. The second-order valence-electron chi connectivity index (χ2n) is 5.19. The largest absolute Gasteiger partial charge is 0.356 e. The zero-order chi connectivity index (χ0) is 14.0. The van der Waals surface area contributed by atoms with Gasteiger partial charge in [-0.1, -0.05) is 20.3 Å². The predicted molar refractivity (Wildman–Crippen MR) is 74.5 cm³/mol. The fraction of sp³-hybridized carbons (Fsp3) is 0.857. The highest BCUT2D eigenvalue weighted by molar-refractivity contribution is 5.83. The number of rotatable bonds is 10. The summed E-state index contributed by atoms with van der Waals surface area (Å²) in [5.74, 6) is 0.693. The van der Waals surface area contributed by atoms with E-state index in [1.807, 2.05) is 7.05 Å². The third-order valence-corrected chi connectivity index (χ3v) is 3.14. The molecule has 2 N–H and O–H groups in total. The highest BCUT2D eigenvalue weighted by Gasteiger charge is 2.09. The molecule has 0 fully saturated rings. The van der Waals surface area contributed by atoms with E-state index in [-0.39, 0.29) is 11.7 Å². The summed E-state index contributed by atoms with van der Waals surface area (Å²) in [7, 11) is 1.99. The van der Waals surface area contributed by atoms with Crippen molar-refractivity contribution in [2.45, 2.75) is 58.9 Å². The molecule has 0 spiro atoms. The molecule has 0 aliphatic heterocycles. The average Bonchev–Trinajstić information content (AvgIpc) is 2.30. The topological polar surface area (TPSA) is 58.2 Å². The van der Waals surface area contributed by atoms with Gasteiger partial charge in [-0.05, 0) is 32.7 Å². The lowest BCUT2D eigenvalue weighted by Gasteiger charge is -2.19. The van der Waals surface area contributed by atoms with Crippen molar-refractivity contribution in [1.82, 2.24) is 10.6 Å². The van der Waals surface area contributed by atoms with Gasteiger partial charge in [-0.3, -0.25) is 4.79 Å². The van der Waals surface area contributed by atoms with Crippen LogP contribution in [0.5, 0.6) is 0 Å². The first-order valence-corrected chi connectivity index (χ1v) is 6.90. The van der Waals surface area contributed by atoms with Gasteiger partial charge in [0.2, 0.25) is 5.91 Å². The van der Waals surface area contributed by atoms with Gasteiger partial charge in [0.25, 0.3) is 0 Å². The molecule has 4 nitrogen and oxygen atoms in total. The van der Waals surface area contributed by atoms with Crippen molar-refractivity contribution >= 4 is 11.7 Å². The van der Waals surface area contributed by atoms with E-state index in [1.165, 1.54) is 6.92 Å². The van der Waals surface area contributed by atoms with Gasteiger partial charge < -0.3 is 15.4 Å². The third-order valence-electron chi connectivity index (χ3n) is 3.14. The van der Waals surface area contributed by atoms with Crippen LogP contribution in [0.2, 0.25) is 0 Å². The molecule has 106 valence electrons. The normalized spacial score (nSPS) is 12.5. The van der Waals surface area contributed by atoms with Crippen molar-refractivity contribution in [3.63, 3.8) is 0 Å². The quantitative estimate of drug-likeness (QED) is 0.587. The van der Waals surface area contributed by atoms with Gasteiger partial charge >= 0.3 is 0 Å². The number of unbranched alkanes of at least 4 members (excludes halogenated alkanes) is 1. The molecule has 0 saturated carbocycles. The van der Waals surface area contributed by atoms with Crippen molar-refractivity contribution in [2.75, 3.05) is 13.6 Å². The molecular formula is C14H28N2O2. The Balaban J connectivity index is 3.50. The Labute approximate surface area is 111 Å². The first-order chi connectivity index (χ1) is 8.47. The summed E-state index contributed by atoms with van der Waals surface area (Å²) >= 11 is 0. The molecule has 0 bridgehead atoms. The highest BCUT2D eigenvalue weighted by Crippen LogP contribution is 2.09. The van der Waals surface area contributed by atoms with Gasteiger partial charge in [0.05, 0.1) is 0 Å². The smallest absolute Gasteiger partial charge is 0.220 e. The minimum atomic E-state index is -0.0146. The summed E-state index contributed by atoms with van der Waals surface area (Å²) in [6, 6.07) is 0.554. The Morgan fingerprint density at radius 3 is 2.28 bits per heavy atom. The van der Waals surface area contributed by atoms with Crippen molar-refractivity contribution in [1.29, 1.82) is 0 Å². The van der Waals surface area contributed by atoms with E-state index in [1.54, 1.807) is 0 Å². The Hall–Kier alpha value is -0.900. The van der Waals surface area contributed by atoms with E-state index in [0.717, 1.165) is 19.3 Å². The number of nitrogens with one attached hydrogen (secondary N) is 2. The zero-order valence-electron chi connectivity index (χ0n) is 12.2. The first kappa shape index (κ1) is 17.1. The summed E-state index contributed by atoms with van der Waals surface area (Å²) in [5, 5.41) is 6.16. The van der Waals surface area contributed by atoms with E-state index >= 15 is 0 Å². The van der Waals surface area contributed by atoms with Crippen LogP contribution in [0.4, 0.5) is 0 Å². The van der Waals surface area contributed by atoms with Crippen LogP contribution in [0, 0.1) is 5.92 Å². The second kappa shape index (κ2) is 10.1. The van der Waals surface area contributed by atoms with Crippen LogP contribution in [0.15, 0.2) is 0 Å². The van der Waals surface area contributed by atoms with E-state index in [9.17, 15) is 9.59 Å². The molecule has 0 aliphatic rings. The fourth-order valence-electron chi connectivity index (χ4n) is 1.91. The lowest BCUT2D eigenvalue weighted by atomic mass is 9.98. The molecule has 1 atom stereocenters. The predicted octanol–water partition coefficient (Wildman–Crippen LogP) is 1.89. The number of hydrogen-bond acceptors (Lipinski definition) is 3. The monoisotopic (exact) mass is 256 g/mol. The van der Waals surface area contributed by atoms with Crippen molar-refractivity contribution in [3.8, 4) is 0 Å². The number of Topliss-reactive ketones (excluding diaryl/α,β-unsaturated/α-hetero) is 1. The number of hydrogen-bond donors (Lipinski definition) is 2. The van der Waals surface area contributed by atoms with Crippen LogP contribution in [-0.4, -0.2) is 31.3 Å². The van der Waals surface area contributed by atoms with Crippen molar-refractivity contribution in [3.05, 3.63) is 0 Å². The third kappa shape index (κ3) is 9.16. The molecule has 0 rings (SSSR count). The van der Waals surface area contributed by atoms with Gasteiger partial charge in [0.1, 0.15) is 5.78 Å². The Kier molecular flexibility index (Phi) is 9.56. The molecule has 1 amide bonds. The molecule has 0 aliphatic carbocycles. The Morgan fingerprint density at radius 2 is 1.78 bits per heavy atom. The second-order valence-corrected chi connectivity index (χ2v) is 5.19. The zero-order valence-corrected chi connectivity index (χ0v) is 12.2. The number of carbonyl (C=O) groups excluding carboxylic acids is 2. The Morgan fingerprint density at radius 1 is 1.11 bits per heavy atom. The summed E-state index contributed by atoms with van der Waals surface area (Å²) < 4.78 is 0. The molecule has 0 aromatic heterocycles. The van der Waals surface area contributed by atoms with Gasteiger partial charge in [0, 0.05) is 25.4 Å². The standard InChI is InChI=1S/C14H28N2O2/c1-11(2)13(15-4)7-5-6-10-16-14(18)9-8-12(3)17/h11,13,15H,5-10H2,1-4H3,(H,16,18).